The van der Waals surface area contributed by atoms with E-state index >= 15 is 0 Å². The lowest BCUT2D eigenvalue weighted by Gasteiger charge is -2.17. The zero-order chi connectivity index (χ0) is 42.1. The van der Waals surface area contributed by atoms with Crippen molar-refractivity contribution in [1.29, 1.82) is 0 Å². The molecule has 0 atom stereocenters. The lowest BCUT2D eigenvalue weighted by atomic mass is 10.0. The molecular weight excluding hydrogens is 779 g/mol. The van der Waals surface area contributed by atoms with E-state index in [0.29, 0.717) is 17.5 Å². The molecule has 298 valence electrons. The van der Waals surface area contributed by atoms with E-state index < -0.39 is 0 Å². The molecule has 13 rings (SSSR count). The van der Waals surface area contributed by atoms with Gasteiger partial charge in [-0.1, -0.05) is 164 Å². The van der Waals surface area contributed by atoms with Gasteiger partial charge in [0.1, 0.15) is 0 Å². The molecule has 0 aliphatic heterocycles. The maximum Gasteiger partial charge on any atom is 0.166 e. The van der Waals surface area contributed by atoms with Crippen LogP contribution in [0.15, 0.2) is 224 Å². The van der Waals surface area contributed by atoms with Crippen LogP contribution in [0.4, 0.5) is 0 Å². The minimum atomic E-state index is 0.609. The summed E-state index contributed by atoms with van der Waals surface area (Å²) in [5.74, 6) is 1.83. The lowest BCUT2D eigenvalue weighted by Crippen LogP contribution is -2.04. The fourth-order valence-electron chi connectivity index (χ4n) is 9.75. The third kappa shape index (κ3) is 5.75. The Morgan fingerprint density at radius 2 is 0.766 bits per heavy atom. The highest BCUT2D eigenvalue weighted by Crippen LogP contribution is 2.42. The first-order valence-corrected chi connectivity index (χ1v) is 21.7. The zero-order valence-electron chi connectivity index (χ0n) is 34.6. The number of hydrogen-bond donors (Lipinski definition) is 0. The van der Waals surface area contributed by atoms with E-state index in [1.54, 1.807) is 0 Å². The van der Waals surface area contributed by atoms with Gasteiger partial charge in [-0.3, -0.25) is 0 Å². The number of nitrogens with zero attached hydrogens (tertiary/aromatic N) is 5. The largest absolute Gasteiger partial charge is 0.309 e. The van der Waals surface area contributed by atoms with Crippen molar-refractivity contribution in [2.75, 3.05) is 0 Å². The van der Waals surface area contributed by atoms with Crippen LogP contribution in [0, 0.1) is 0 Å². The van der Waals surface area contributed by atoms with Crippen molar-refractivity contribution in [1.82, 2.24) is 24.1 Å². The lowest BCUT2D eigenvalue weighted by molar-refractivity contribution is 1.07. The topological polar surface area (TPSA) is 48.5 Å². The Kier molecular flexibility index (Phi) is 8.15. The highest BCUT2D eigenvalue weighted by Gasteiger charge is 2.23. The molecule has 0 aliphatic carbocycles. The Bertz CT molecular complexity index is 3940. The first kappa shape index (κ1) is 36.0. The normalized spacial score (nSPS) is 11.8. The number of rotatable bonds is 6. The van der Waals surface area contributed by atoms with Crippen LogP contribution >= 0.6 is 0 Å². The summed E-state index contributed by atoms with van der Waals surface area (Å²) in [4.78, 5) is 16.3. The Morgan fingerprint density at radius 3 is 1.50 bits per heavy atom. The molecule has 0 spiro atoms. The van der Waals surface area contributed by atoms with E-state index in [1.165, 1.54) is 26.9 Å². The number of aromatic nitrogens is 5. The van der Waals surface area contributed by atoms with Gasteiger partial charge in [0.25, 0.3) is 0 Å². The molecule has 0 fully saturated rings. The molecule has 0 amide bonds. The van der Waals surface area contributed by atoms with Crippen LogP contribution in [-0.2, 0) is 0 Å². The number of hydrogen-bond acceptors (Lipinski definition) is 3. The monoisotopic (exact) mass is 815 g/mol. The second-order valence-corrected chi connectivity index (χ2v) is 16.4. The molecule has 5 heteroatoms. The van der Waals surface area contributed by atoms with E-state index in [9.17, 15) is 0 Å². The Balaban J connectivity index is 1.09. The predicted molar refractivity (Wildman–Crippen MR) is 265 cm³/mol. The van der Waals surface area contributed by atoms with E-state index in [2.05, 4.69) is 228 Å². The number of para-hydroxylation sites is 3. The summed E-state index contributed by atoms with van der Waals surface area (Å²) in [7, 11) is 0. The standard InChI is InChI=1S/C59H37N5/c1-3-15-38(16-4-1)39-27-29-41(30-28-39)57-60-58(44-32-33-53-49(36-44)47-23-11-13-25-51(47)63(53)45-20-5-2-6-21-45)62-59(61-57)56-46-22-10-9-17-40(46)31-34-54(56)64-52-26-14-12-24-48(52)50-35-42-18-7-8-19-43(42)37-55(50)64/h1-37H. The van der Waals surface area contributed by atoms with E-state index in [1.807, 2.05) is 6.07 Å². The highest BCUT2D eigenvalue weighted by atomic mass is 15.1. The zero-order valence-corrected chi connectivity index (χ0v) is 34.6. The highest BCUT2D eigenvalue weighted by molar-refractivity contribution is 6.15. The van der Waals surface area contributed by atoms with Gasteiger partial charge < -0.3 is 9.13 Å². The minimum Gasteiger partial charge on any atom is -0.309 e. The molecule has 0 saturated carbocycles. The molecule has 5 nitrogen and oxygen atoms in total. The van der Waals surface area contributed by atoms with Crippen LogP contribution in [0.2, 0.25) is 0 Å². The smallest absolute Gasteiger partial charge is 0.166 e. The molecule has 0 bridgehead atoms. The summed E-state index contributed by atoms with van der Waals surface area (Å²) in [6.45, 7) is 0. The van der Waals surface area contributed by atoms with Crippen molar-refractivity contribution >= 4 is 65.2 Å². The van der Waals surface area contributed by atoms with Crippen LogP contribution < -0.4 is 0 Å². The summed E-state index contributed by atoms with van der Waals surface area (Å²) in [6, 6.07) is 79.8. The summed E-state index contributed by atoms with van der Waals surface area (Å²) in [5.41, 5.74) is 11.7. The second-order valence-electron chi connectivity index (χ2n) is 16.4. The van der Waals surface area contributed by atoms with Gasteiger partial charge in [-0.15, -0.1) is 0 Å². The fraction of sp³-hybridized carbons (Fsp3) is 0. The van der Waals surface area contributed by atoms with Gasteiger partial charge in [0, 0.05) is 38.4 Å². The Labute approximate surface area is 368 Å². The van der Waals surface area contributed by atoms with Crippen molar-refractivity contribution < 1.29 is 0 Å². The Morgan fingerprint density at radius 1 is 0.266 bits per heavy atom. The maximum absolute atomic E-state index is 5.50. The van der Waals surface area contributed by atoms with Crippen molar-refractivity contribution in [2.24, 2.45) is 0 Å². The minimum absolute atomic E-state index is 0.609. The van der Waals surface area contributed by atoms with Crippen molar-refractivity contribution in [2.45, 2.75) is 0 Å². The van der Waals surface area contributed by atoms with Crippen molar-refractivity contribution in [3.63, 3.8) is 0 Å². The van der Waals surface area contributed by atoms with Crippen LogP contribution in [0.25, 0.3) is 122 Å². The number of fused-ring (bicyclic) bond motifs is 8. The summed E-state index contributed by atoms with van der Waals surface area (Å²) >= 11 is 0. The molecule has 0 saturated heterocycles. The maximum atomic E-state index is 5.50. The molecule has 10 aromatic carbocycles. The van der Waals surface area contributed by atoms with Gasteiger partial charge >= 0.3 is 0 Å². The van der Waals surface area contributed by atoms with Crippen molar-refractivity contribution in [3.8, 4) is 56.7 Å². The van der Waals surface area contributed by atoms with Gasteiger partial charge in [0.05, 0.1) is 33.3 Å². The average molecular weight is 816 g/mol. The Hall–Kier alpha value is -8.67. The third-order valence-corrected chi connectivity index (χ3v) is 12.7. The van der Waals surface area contributed by atoms with Gasteiger partial charge in [-0.25, -0.2) is 15.0 Å². The molecule has 64 heavy (non-hydrogen) atoms. The van der Waals surface area contributed by atoms with Crippen LogP contribution in [0.1, 0.15) is 0 Å². The fourth-order valence-corrected chi connectivity index (χ4v) is 9.75. The molecule has 0 aliphatic rings. The molecule has 0 radical (unpaired) electrons. The molecule has 3 aromatic heterocycles. The average Bonchev–Trinajstić information content (AvgIpc) is 3.87. The third-order valence-electron chi connectivity index (χ3n) is 12.7. The molecular formula is C59H37N5. The summed E-state index contributed by atoms with van der Waals surface area (Å²) < 4.78 is 4.74. The van der Waals surface area contributed by atoms with E-state index in [-0.39, 0.29) is 0 Å². The molecule has 13 aromatic rings. The van der Waals surface area contributed by atoms with Gasteiger partial charge in [0.2, 0.25) is 0 Å². The predicted octanol–water partition coefficient (Wildman–Crippen LogP) is 15.0. The molecule has 0 N–H and O–H groups in total. The van der Waals surface area contributed by atoms with Crippen LogP contribution in [0.3, 0.4) is 0 Å². The van der Waals surface area contributed by atoms with Gasteiger partial charge in [-0.05, 0) is 93.3 Å². The van der Waals surface area contributed by atoms with E-state index in [0.717, 1.165) is 77.4 Å². The summed E-state index contributed by atoms with van der Waals surface area (Å²) in [5, 5.41) is 9.28. The van der Waals surface area contributed by atoms with E-state index in [4.69, 9.17) is 15.0 Å². The first-order valence-electron chi connectivity index (χ1n) is 21.7. The second kappa shape index (κ2) is 14.5. The first-order chi connectivity index (χ1) is 31.7. The quantitative estimate of drug-likeness (QED) is 0.168. The number of benzene rings is 10. The van der Waals surface area contributed by atoms with Gasteiger partial charge in [-0.2, -0.15) is 0 Å². The molecule has 3 heterocycles. The van der Waals surface area contributed by atoms with Crippen LogP contribution in [0.5, 0.6) is 0 Å². The van der Waals surface area contributed by atoms with Gasteiger partial charge in [0.15, 0.2) is 17.5 Å². The van der Waals surface area contributed by atoms with Crippen LogP contribution in [-0.4, -0.2) is 24.1 Å². The summed E-state index contributed by atoms with van der Waals surface area (Å²) in [6.07, 6.45) is 0. The van der Waals surface area contributed by atoms with Crippen molar-refractivity contribution in [3.05, 3.63) is 224 Å². The SMILES string of the molecule is c1ccc(-c2ccc(-c3nc(-c4ccc5c(c4)c4ccccc4n5-c4ccccc4)nc(-c4c(-n5c6ccccc6c6cc7ccccc7cc65)ccc5ccccc45)n3)cc2)cc1. The molecule has 0 unspecified atom stereocenters.